The van der Waals surface area contributed by atoms with Gasteiger partial charge in [-0.05, 0) is 19.1 Å². The van der Waals surface area contributed by atoms with Gasteiger partial charge in [-0.15, -0.1) is 0 Å². The number of nitrogens with two attached hydrogens (primary N) is 1. The highest BCUT2D eigenvalue weighted by molar-refractivity contribution is 5.97. The Morgan fingerprint density at radius 2 is 2.50 bits per heavy atom. The average Bonchev–Trinajstić information content (AvgIpc) is 2.18. The van der Waals surface area contributed by atoms with Gasteiger partial charge in [0, 0.05) is 12.7 Å². The molecule has 0 radical (unpaired) electrons. The lowest BCUT2D eigenvalue weighted by atomic mass is 10.3. The molecule has 0 saturated heterocycles. The summed E-state index contributed by atoms with van der Waals surface area (Å²) in [6, 6.07) is 3.34. The summed E-state index contributed by atoms with van der Waals surface area (Å²) < 4.78 is 0. The highest BCUT2D eigenvalue weighted by atomic mass is 16.1. The van der Waals surface area contributed by atoms with Crippen LogP contribution in [0.25, 0.3) is 0 Å². The van der Waals surface area contributed by atoms with E-state index < -0.39 is 0 Å². The number of hydrogen-bond acceptors (Lipinski definition) is 3. The van der Waals surface area contributed by atoms with Gasteiger partial charge in [-0.3, -0.25) is 4.79 Å². The van der Waals surface area contributed by atoms with Crippen molar-refractivity contribution in [3.05, 3.63) is 36.2 Å². The molecule has 1 aromatic rings. The van der Waals surface area contributed by atoms with Gasteiger partial charge < -0.3 is 11.1 Å². The first-order valence-electron chi connectivity index (χ1n) is 4.35. The normalized spacial score (nSPS) is 10.4. The number of pyridine rings is 1. The molecule has 0 fully saturated rings. The number of amides is 1. The summed E-state index contributed by atoms with van der Waals surface area (Å²) in [5.74, 6) is -0.249. The van der Waals surface area contributed by atoms with Crippen LogP contribution in [-0.4, -0.2) is 17.4 Å². The molecular weight excluding hydrogens is 178 g/mol. The van der Waals surface area contributed by atoms with Crippen LogP contribution >= 0.6 is 0 Å². The lowest BCUT2D eigenvalue weighted by Crippen LogP contribution is -2.25. The van der Waals surface area contributed by atoms with Crippen molar-refractivity contribution in [2.45, 2.75) is 6.92 Å². The monoisotopic (exact) mass is 191 g/mol. The molecule has 0 bridgehead atoms. The molecule has 0 aromatic carbocycles. The third kappa shape index (κ3) is 2.58. The minimum atomic E-state index is -0.249. The van der Waals surface area contributed by atoms with Gasteiger partial charge in [0.25, 0.3) is 5.91 Å². The zero-order valence-electron chi connectivity index (χ0n) is 8.03. The van der Waals surface area contributed by atoms with Crippen LogP contribution in [-0.2, 0) is 0 Å². The number of nitrogens with zero attached hydrogens (tertiary/aromatic N) is 1. The molecule has 14 heavy (non-hydrogen) atoms. The standard InChI is InChI=1S/C10H13N3O/c1-2-3-6-13-10(14)9-8(11)5-4-7-12-9/h2-5,7H,6,11H2,1H3,(H,13,14)/b3-2+. The van der Waals surface area contributed by atoms with Gasteiger partial charge >= 0.3 is 0 Å². The minimum absolute atomic E-state index is 0.249. The number of carbonyl (C=O) groups is 1. The van der Waals surface area contributed by atoms with Gasteiger partial charge in [0.15, 0.2) is 5.69 Å². The molecule has 1 aromatic heterocycles. The number of nitrogen functional groups attached to an aromatic ring is 1. The van der Waals surface area contributed by atoms with E-state index in [0.29, 0.717) is 12.2 Å². The summed E-state index contributed by atoms with van der Waals surface area (Å²) in [6.45, 7) is 2.38. The third-order valence-corrected chi connectivity index (χ3v) is 1.67. The Bertz CT molecular complexity index is 347. The van der Waals surface area contributed by atoms with E-state index in [1.165, 1.54) is 0 Å². The van der Waals surface area contributed by atoms with E-state index in [0.717, 1.165) is 0 Å². The fraction of sp³-hybridized carbons (Fsp3) is 0.200. The molecule has 4 heteroatoms. The van der Waals surface area contributed by atoms with Crippen molar-refractivity contribution in [1.29, 1.82) is 0 Å². The first-order valence-corrected chi connectivity index (χ1v) is 4.35. The molecule has 1 rings (SSSR count). The van der Waals surface area contributed by atoms with Gasteiger partial charge in [-0.25, -0.2) is 4.98 Å². The predicted molar refractivity (Wildman–Crippen MR) is 55.8 cm³/mol. The van der Waals surface area contributed by atoms with Crippen LogP contribution < -0.4 is 11.1 Å². The summed E-state index contributed by atoms with van der Waals surface area (Å²) in [4.78, 5) is 15.3. The third-order valence-electron chi connectivity index (χ3n) is 1.67. The van der Waals surface area contributed by atoms with Crippen LogP contribution in [0.2, 0.25) is 0 Å². The van der Waals surface area contributed by atoms with E-state index >= 15 is 0 Å². The lowest BCUT2D eigenvalue weighted by molar-refractivity contribution is 0.0954. The number of nitrogens with one attached hydrogen (secondary N) is 1. The van der Waals surface area contributed by atoms with Crippen molar-refractivity contribution in [1.82, 2.24) is 10.3 Å². The largest absolute Gasteiger partial charge is 0.397 e. The Balaban J connectivity index is 2.65. The average molecular weight is 191 g/mol. The molecule has 0 aliphatic heterocycles. The Labute approximate surface area is 82.8 Å². The Morgan fingerprint density at radius 3 is 3.14 bits per heavy atom. The molecule has 0 aliphatic rings. The Kier molecular flexibility index (Phi) is 3.67. The first kappa shape index (κ1) is 10.2. The van der Waals surface area contributed by atoms with E-state index in [2.05, 4.69) is 10.3 Å². The smallest absolute Gasteiger partial charge is 0.272 e. The van der Waals surface area contributed by atoms with Crippen LogP contribution in [0.15, 0.2) is 30.5 Å². The van der Waals surface area contributed by atoms with Crippen molar-refractivity contribution < 1.29 is 4.79 Å². The van der Waals surface area contributed by atoms with Crippen LogP contribution in [0.4, 0.5) is 5.69 Å². The van der Waals surface area contributed by atoms with Crippen molar-refractivity contribution in [3.63, 3.8) is 0 Å². The Morgan fingerprint density at radius 1 is 1.71 bits per heavy atom. The maximum atomic E-state index is 11.5. The second-order valence-electron chi connectivity index (χ2n) is 2.72. The van der Waals surface area contributed by atoms with E-state index in [-0.39, 0.29) is 11.6 Å². The van der Waals surface area contributed by atoms with Crippen molar-refractivity contribution >= 4 is 11.6 Å². The van der Waals surface area contributed by atoms with Crippen molar-refractivity contribution in [3.8, 4) is 0 Å². The van der Waals surface area contributed by atoms with Gasteiger partial charge in [-0.1, -0.05) is 12.2 Å². The number of aromatic nitrogens is 1. The van der Waals surface area contributed by atoms with E-state index in [1.54, 1.807) is 18.3 Å². The maximum Gasteiger partial charge on any atom is 0.272 e. The highest BCUT2D eigenvalue weighted by Gasteiger charge is 2.08. The second-order valence-corrected chi connectivity index (χ2v) is 2.72. The van der Waals surface area contributed by atoms with Crippen molar-refractivity contribution in [2.24, 2.45) is 0 Å². The van der Waals surface area contributed by atoms with Crippen LogP contribution in [0.1, 0.15) is 17.4 Å². The van der Waals surface area contributed by atoms with Gasteiger partial charge in [0.2, 0.25) is 0 Å². The van der Waals surface area contributed by atoms with Gasteiger partial charge in [-0.2, -0.15) is 0 Å². The molecule has 4 nitrogen and oxygen atoms in total. The summed E-state index contributed by atoms with van der Waals surface area (Å²) in [5.41, 5.74) is 6.25. The maximum absolute atomic E-state index is 11.5. The number of anilines is 1. The lowest BCUT2D eigenvalue weighted by Gasteiger charge is -2.03. The van der Waals surface area contributed by atoms with E-state index in [9.17, 15) is 4.79 Å². The van der Waals surface area contributed by atoms with E-state index in [4.69, 9.17) is 5.73 Å². The molecule has 1 amide bonds. The Hall–Kier alpha value is -1.84. The summed E-state index contributed by atoms with van der Waals surface area (Å²) in [7, 11) is 0. The zero-order chi connectivity index (χ0) is 10.4. The fourth-order valence-corrected chi connectivity index (χ4v) is 0.961. The number of allylic oxidation sites excluding steroid dienone is 1. The fourth-order valence-electron chi connectivity index (χ4n) is 0.961. The van der Waals surface area contributed by atoms with Gasteiger partial charge in [0.05, 0.1) is 5.69 Å². The van der Waals surface area contributed by atoms with Crippen molar-refractivity contribution in [2.75, 3.05) is 12.3 Å². The van der Waals surface area contributed by atoms with Gasteiger partial charge in [0.1, 0.15) is 0 Å². The molecule has 0 atom stereocenters. The number of carbonyl (C=O) groups excluding carboxylic acids is 1. The molecular formula is C10H13N3O. The summed E-state index contributed by atoms with van der Waals surface area (Å²) in [6.07, 6.45) is 5.25. The van der Waals surface area contributed by atoms with Crippen LogP contribution in [0.3, 0.4) is 0 Å². The summed E-state index contributed by atoms with van der Waals surface area (Å²) >= 11 is 0. The molecule has 3 N–H and O–H groups in total. The highest BCUT2D eigenvalue weighted by Crippen LogP contribution is 2.05. The second kappa shape index (κ2) is 5.01. The van der Waals surface area contributed by atoms with Crippen LogP contribution in [0.5, 0.6) is 0 Å². The van der Waals surface area contributed by atoms with Crippen LogP contribution in [0, 0.1) is 0 Å². The molecule has 0 aliphatic carbocycles. The zero-order valence-corrected chi connectivity index (χ0v) is 8.03. The predicted octanol–water partition coefficient (Wildman–Crippen LogP) is 0.970. The molecule has 0 spiro atoms. The summed E-state index contributed by atoms with van der Waals surface area (Å²) in [5, 5.41) is 2.67. The minimum Gasteiger partial charge on any atom is -0.397 e. The first-order chi connectivity index (χ1) is 6.75. The molecule has 1 heterocycles. The quantitative estimate of drug-likeness (QED) is 0.699. The molecule has 0 saturated carbocycles. The molecule has 0 unspecified atom stereocenters. The molecule has 74 valence electrons. The number of rotatable bonds is 3. The number of hydrogen-bond donors (Lipinski definition) is 2. The SMILES string of the molecule is C/C=C/CNC(=O)c1ncccc1N. The topological polar surface area (TPSA) is 68.0 Å². The van der Waals surface area contributed by atoms with E-state index in [1.807, 2.05) is 19.1 Å².